The maximum Gasteiger partial charge on any atom is 0.254 e. The van der Waals surface area contributed by atoms with Gasteiger partial charge in [-0.2, -0.15) is 0 Å². The molecule has 0 spiro atoms. The minimum absolute atomic E-state index is 0.133. The van der Waals surface area contributed by atoms with Crippen molar-refractivity contribution in [3.63, 3.8) is 0 Å². The number of carbonyl (C=O) groups is 2. The second-order valence-electron chi connectivity index (χ2n) is 8.64. The van der Waals surface area contributed by atoms with Gasteiger partial charge in [-0.05, 0) is 36.4 Å². The van der Waals surface area contributed by atoms with E-state index in [4.69, 9.17) is 18.9 Å². The van der Waals surface area contributed by atoms with Crippen LogP contribution in [0.3, 0.4) is 0 Å². The van der Waals surface area contributed by atoms with E-state index in [9.17, 15) is 9.59 Å². The topological polar surface area (TPSA) is 99.2 Å². The zero-order chi connectivity index (χ0) is 25.1. The third-order valence-corrected chi connectivity index (χ3v) is 6.57. The summed E-state index contributed by atoms with van der Waals surface area (Å²) in [7, 11) is 3.17. The maximum absolute atomic E-state index is 13.5. The molecule has 36 heavy (non-hydrogen) atoms. The van der Waals surface area contributed by atoms with Crippen molar-refractivity contribution in [1.82, 2.24) is 15.2 Å². The molecule has 9 nitrogen and oxygen atoms in total. The largest absolute Gasteiger partial charge is 0.497 e. The van der Waals surface area contributed by atoms with Gasteiger partial charge in [0.1, 0.15) is 11.5 Å². The Morgan fingerprint density at radius 1 is 1.03 bits per heavy atom. The van der Waals surface area contributed by atoms with E-state index in [0.29, 0.717) is 41.7 Å². The molecule has 5 rings (SSSR count). The molecule has 2 atom stereocenters. The summed E-state index contributed by atoms with van der Waals surface area (Å²) in [6.45, 7) is 1.06. The molecule has 1 saturated heterocycles. The van der Waals surface area contributed by atoms with Gasteiger partial charge in [-0.1, -0.05) is 12.1 Å². The molecule has 1 aromatic heterocycles. The molecule has 2 amide bonds. The summed E-state index contributed by atoms with van der Waals surface area (Å²) in [6, 6.07) is 16.2. The lowest BCUT2D eigenvalue weighted by Gasteiger charge is -2.21. The molecule has 0 aliphatic carbocycles. The highest BCUT2D eigenvalue weighted by Gasteiger charge is 2.42. The molecule has 1 fully saturated rings. The van der Waals surface area contributed by atoms with Gasteiger partial charge in [-0.15, -0.1) is 0 Å². The highest BCUT2D eigenvalue weighted by Crippen LogP contribution is 2.40. The van der Waals surface area contributed by atoms with Crippen LogP contribution < -0.4 is 24.3 Å². The number of ether oxygens (including phenoxy) is 4. The maximum atomic E-state index is 13.5. The van der Waals surface area contributed by atoms with Gasteiger partial charge in [0.05, 0.1) is 32.4 Å². The van der Waals surface area contributed by atoms with E-state index in [0.717, 1.165) is 11.3 Å². The van der Waals surface area contributed by atoms with Crippen molar-refractivity contribution in [3.05, 3.63) is 77.6 Å². The highest BCUT2D eigenvalue weighted by molar-refractivity contribution is 5.96. The van der Waals surface area contributed by atoms with Gasteiger partial charge in [0.2, 0.25) is 12.7 Å². The molecule has 3 aromatic rings. The first-order valence-electron chi connectivity index (χ1n) is 11.7. The van der Waals surface area contributed by atoms with Crippen molar-refractivity contribution in [2.75, 3.05) is 34.1 Å². The first-order chi connectivity index (χ1) is 17.6. The summed E-state index contributed by atoms with van der Waals surface area (Å²) in [5.41, 5.74) is 2.09. The van der Waals surface area contributed by atoms with Crippen molar-refractivity contribution >= 4 is 11.8 Å². The monoisotopic (exact) mass is 489 g/mol. The van der Waals surface area contributed by atoms with Gasteiger partial charge >= 0.3 is 0 Å². The number of rotatable bonds is 7. The fourth-order valence-electron chi connectivity index (χ4n) is 4.70. The number of benzene rings is 2. The molecule has 2 aliphatic rings. The van der Waals surface area contributed by atoms with Crippen LogP contribution in [0.5, 0.6) is 23.0 Å². The van der Waals surface area contributed by atoms with E-state index < -0.39 is 5.92 Å². The quantitative estimate of drug-likeness (QED) is 0.545. The fourth-order valence-corrected chi connectivity index (χ4v) is 4.70. The molecular weight excluding hydrogens is 462 g/mol. The smallest absolute Gasteiger partial charge is 0.254 e. The third kappa shape index (κ3) is 4.64. The molecule has 1 N–H and O–H groups in total. The number of hydrogen-bond donors (Lipinski definition) is 1. The number of pyridine rings is 1. The van der Waals surface area contributed by atoms with E-state index >= 15 is 0 Å². The van der Waals surface area contributed by atoms with Crippen molar-refractivity contribution in [3.8, 4) is 23.0 Å². The standard InChI is InChI=1S/C27H27N3O6/c1-33-19-7-8-20(24(12-19)34-2)21-14-30(27(32)17-6-9-23-25(11-17)36-16-35-23)15-22(21)26(31)29-13-18-5-3-4-10-28-18/h3-12,21-22H,13-16H2,1-2H3,(H,29,31). The van der Waals surface area contributed by atoms with E-state index in [1.165, 1.54) is 0 Å². The van der Waals surface area contributed by atoms with Gasteiger partial charge in [0, 0.05) is 42.4 Å². The summed E-state index contributed by atoms with van der Waals surface area (Å²) in [5.74, 6) is 1.34. The van der Waals surface area contributed by atoms with Crippen LogP contribution in [-0.2, 0) is 11.3 Å². The Balaban J connectivity index is 1.41. The lowest BCUT2D eigenvalue weighted by atomic mass is 9.87. The van der Waals surface area contributed by atoms with Gasteiger partial charge in [0.25, 0.3) is 5.91 Å². The number of hydrogen-bond acceptors (Lipinski definition) is 7. The molecule has 2 aliphatic heterocycles. The molecule has 2 aromatic carbocycles. The first kappa shape index (κ1) is 23.5. The SMILES string of the molecule is COc1ccc(C2CN(C(=O)c3ccc4c(c3)OCO4)CC2C(=O)NCc2ccccn2)c(OC)c1. The van der Waals surface area contributed by atoms with Crippen LogP contribution in [0.2, 0.25) is 0 Å². The van der Waals surface area contributed by atoms with E-state index in [1.807, 2.05) is 30.3 Å². The summed E-state index contributed by atoms with van der Waals surface area (Å²) in [4.78, 5) is 32.8. The van der Waals surface area contributed by atoms with E-state index in [2.05, 4.69) is 10.3 Å². The first-order valence-corrected chi connectivity index (χ1v) is 11.7. The number of methoxy groups -OCH3 is 2. The van der Waals surface area contributed by atoms with Crippen molar-refractivity contribution in [2.45, 2.75) is 12.5 Å². The van der Waals surface area contributed by atoms with Gasteiger partial charge in [-0.3, -0.25) is 14.6 Å². The molecule has 3 heterocycles. The summed E-state index contributed by atoms with van der Waals surface area (Å²) in [5, 5.41) is 2.99. The number of likely N-dealkylation sites (tertiary alicyclic amines) is 1. The number of nitrogens with one attached hydrogen (secondary N) is 1. The Kier molecular flexibility index (Phi) is 6.62. The summed E-state index contributed by atoms with van der Waals surface area (Å²) in [6.07, 6.45) is 1.69. The second-order valence-corrected chi connectivity index (χ2v) is 8.64. The normalized spacial score (nSPS) is 18.1. The van der Waals surface area contributed by atoms with Crippen LogP contribution in [0, 0.1) is 5.92 Å². The Morgan fingerprint density at radius 3 is 2.67 bits per heavy atom. The molecule has 2 unspecified atom stereocenters. The molecule has 0 bridgehead atoms. The fraction of sp³-hybridized carbons (Fsp3) is 0.296. The van der Waals surface area contributed by atoms with Crippen molar-refractivity contribution < 1.29 is 28.5 Å². The van der Waals surface area contributed by atoms with Gasteiger partial charge in [0.15, 0.2) is 11.5 Å². The second kappa shape index (κ2) is 10.2. The summed E-state index contributed by atoms with van der Waals surface area (Å²) >= 11 is 0. The lowest BCUT2D eigenvalue weighted by molar-refractivity contribution is -0.125. The molecule has 0 saturated carbocycles. The van der Waals surface area contributed by atoms with Gasteiger partial charge in [-0.25, -0.2) is 0 Å². The third-order valence-electron chi connectivity index (χ3n) is 6.57. The number of aromatic nitrogens is 1. The predicted octanol–water partition coefficient (Wildman–Crippen LogP) is 3.00. The Bertz CT molecular complexity index is 1270. The van der Waals surface area contributed by atoms with E-state index in [-0.39, 0.29) is 31.1 Å². The Morgan fingerprint density at radius 2 is 1.89 bits per heavy atom. The van der Waals surface area contributed by atoms with Crippen LogP contribution in [0.4, 0.5) is 0 Å². The molecule has 0 radical (unpaired) electrons. The highest BCUT2D eigenvalue weighted by atomic mass is 16.7. The van der Waals surface area contributed by atoms with Crippen molar-refractivity contribution in [2.24, 2.45) is 5.92 Å². The average molecular weight is 490 g/mol. The van der Waals surface area contributed by atoms with Crippen LogP contribution in [0.15, 0.2) is 60.8 Å². The van der Waals surface area contributed by atoms with Crippen LogP contribution in [0.1, 0.15) is 27.5 Å². The number of fused-ring (bicyclic) bond motifs is 1. The van der Waals surface area contributed by atoms with Crippen LogP contribution in [-0.4, -0.2) is 55.8 Å². The summed E-state index contributed by atoms with van der Waals surface area (Å²) < 4.78 is 21.8. The number of amides is 2. The Hall–Kier alpha value is -4.27. The predicted molar refractivity (Wildman–Crippen MR) is 130 cm³/mol. The average Bonchev–Trinajstić information content (AvgIpc) is 3.58. The Labute approximate surface area is 208 Å². The molecule has 9 heteroatoms. The zero-order valence-electron chi connectivity index (χ0n) is 20.1. The number of nitrogens with zero attached hydrogens (tertiary/aromatic N) is 2. The van der Waals surface area contributed by atoms with Gasteiger partial charge < -0.3 is 29.2 Å². The minimum Gasteiger partial charge on any atom is -0.497 e. The lowest BCUT2D eigenvalue weighted by Crippen LogP contribution is -2.35. The minimum atomic E-state index is -0.478. The van der Waals surface area contributed by atoms with E-state index in [1.54, 1.807) is 49.6 Å². The zero-order valence-corrected chi connectivity index (χ0v) is 20.1. The number of carbonyl (C=O) groups excluding carboxylic acids is 2. The van der Waals surface area contributed by atoms with Crippen LogP contribution >= 0.6 is 0 Å². The molecular formula is C27H27N3O6. The molecule has 186 valence electrons. The van der Waals surface area contributed by atoms with Crippen LogP contribution in [0.25, 0.3) is 0 Å². The van der Waals surface area contributed by atoms with Crippen molar-refractivity contribution in [1.29, 1.82) is 0 Å².